The molecule has 2 aromatic rings. The Morgan fingerprint density at radius 3 is 2.62 bits per heavy atom. The molecule has 2 rings (SSSR count). The van der Waals surface area contributed by atoms with E-state index < -0.39 is 11.7 Å². The van der Waals surface area contributed by atoms with E-state index >= 15 is 0 Å². The molecule has 4 nitrogen and oxygen atoms in total. The molecule has 7 heteroatoms. The molecule has 2 aromatic carbocycles. The maximum atomic E-state index is 13.0. The number of anilines is 1. The van der Waals surface area contributed by atoms with Crippen LogP contribution in [0, 0.1) is 17.1 Å². The SMILES string of the molecule is CCCOc1c(Br)cc(Br)cc1/C=C(\C#N)C(=O)Nc1ccc(F)cc1. The molecule has 0 aliphatic heterocycles. The van der Waals surface area contributed by atoms with Gasteiger partial charge in [0.15, 0.2) is 0 Å². The van der Waals surface area contributed by atoms with Crippen molar-refractivity contribution in [3.63, 3.8) is 0 Å². The molecule has 1 N–H and O–H groups in total. The molecule has 0 bridgehead atoms. The summed E-state index contributed by atoms with van der Waals surface area (Å²) in [6.07, 6.45) is 2.28. The minimum absolute atomic E-state index is 0.0966. The first-order chi connectivity index (χ1) is 12.4. The summed E-state index contributed by atoms with van der Waals surface area (Å²) in [6.45, 7) is 2.49. The third-order valence-corrected chi connectivity index (χ3v) is 4.30. The number of nitrogens with one attached hydrogen (secondary N) is 1. The van der Waals surface area contributed by atoms with E-state index in [0.29, 0.717) is 28.1 Å². The lowest BCUT2D eigenvalue weighted by Gasteiger charge is -2.12. The van der Waals surface area contributed by atoms with Gasteiger partial charge in [-0.05, 0) is 64.8 Å². The van der Waals surface area contributed by atoms with Gasteiger partial charge in [-0.2, -0.15) is 5.26 Å². The minimum Gasteiger partial charge on any atom is -0.492 e. The van der Waals surface area contributed by atoms with Crippen LogP contribution in [-0.2, 0) is 4.79 Å². The molecule has 0 aliphatic carbocycles. The van der Waals surface area contributed by atoms with E-state index in [9.17, 15) is 14.4 Å². The number of carbonyl (C=O) groups excluding carboxylic acids is 1. The molecule has 0 saturated carbocycles. The fourth-order valence-corrected chi connectivity index (χ4v) is 3.45. The van der Waals surface area contributed by atoms with E-state index in [1.54, 1.807) is 6.07 Å². The van der Waals surface area contributed by atoms with E-state index in [1.807, 2.05) is 19.1 Å². The van der Waals surface area contributed by atoms with Crippen LogP contribution in [0.25, 0.3) is 6.08 Å². The van der Waals surface area contributed by atoms with Crippen LogP contribution in [-0.4, -0.2) is 12.5 Å². The molecule has 134 valence electrons. The lowest BCUT2D eigenvalue weighted by atomic mass is 10.1. The van der Waals surface area contributed by atoms with Crippen LogP contribution in [0.4, 0.5) is 10.1 Å². The van der Waals surface area contributed by atoms with E-state index in [2.05, 4.69) is 37.2 Å². The van der Waals surface area contributed by atoms with Crippen molar-refractivity contribution in [2.24, 2.45) is 0 Å². The monoisotopic (exact) mass is 480 g/mol. The van der Waals surface area contributed by atoms with E-state index in [-0.39, 0.29) is 5.57 Å². The van der Waals surface area contributed by atoms with Crippen molar-refractivity contribution in [3.05, 3.63) is 62.3 Å². The molecule has 26 heavy (non-hydrogen) atoms. The summed E-state index contributed by atoms with van der Waals surface area (Å²) in [5.74, 6) is -0.440. The van der Waals surface area contributed by atoms with Gasteiger partial charge in [0, 0.05) is 15.7 Å². The fraction of sp³-hybridized carbons (Fsp3) is 0.158. The molecule has 0 fully saturated rings. The molecular formula is C19H15Br2FN2O2. The topological polar surface area (TPSA) is 62.1 Å². The zero-order chi connectivity index (χ0) is 19.1. The van der Waals surface area contributed by atoms with Crippen LogP contribution in [0.3, 0.4) is 0 Å². The van der Waals surface area contributed by atoms with Crippen molar-refractivity contribution in [1.29, 1.82) is 5.26 Å². The van der Waals surface area contributed by atoms with Crippen molar-refractivity contribution in [3.8, 4) is 11.8 Å². The molecule has 0 saturated heterocycles. The van der Waals surface area contributed by atoms with E-state index in [1.165, 1.54) is 30.3 Å². The zero-order valence-electron chi connectivity index (χ0n) is 13.9. The summed E-state index contributed by atoms with van der Waals surface area (Å²) in [7, 11) is 0. The van der Waals surface area contributed by atoms with Gasteiger partial charge in [0.1, 0.15) is 23.2 Å². The van der Waals surface area contributed by atoms with E-state index in [4.69, 9.17) is 4.74 Å². The molecule has 0 spiro atoms. The lowest BCUT2D eigenvalue weighted by Crippen LogP contribution is -2.13. The Morgan fingerprint density at radius 1 is 1.31 bits per heavy atom. The summed E-state index contributed by atoms with van der Waals surface area (Å²) in [6, 6.07) is 10.8. The molecule has 0 atom stereocenters. The first-order valence-electron chi connectivity index (χ1n) is 7.75. The van der Waals surface area contributed by atoms with Crippen LogP contribution in [0.2, 0.25) is 0 Å². The molecule has 0 heterocycles. The van der Waals surface area contributed by atoms with Gasteiger partial charge in [0.05, 0.1) is 11.1 Å². The standard InChI is InChI=1S/C19H15Br2FN2O2/c1-2-7-26-18-12(9-14(20)10-17(18)21)8-13(11-23)19(25)24-16-5-3-15(22)4-6-16/h3-6,8-10H,2,7H2,1H3,(H,24,25)/b13-8+. The van der Waals surface area contributed by atoms with Gasteiger partial charge in [-0.3, -0.25) is 4.79 Å². The predicted molar refractivity (Wildman–Crippen MR) is 106 cm³/mol. The second-order valence-electron chi connectivity index (χ2n) is 5.29. The number of ether oxygens (including phenoxy) is 1. The number of nitriles is 1. The number of halogens is 3. The number of hydrogen-bond acceptors (Lipinski definition) is 3. The highest BCUT2D eigenvalue weighted by molar-refractivity contribution is 9.11. The second kappa shape index (κ2) is 9.51. The van der Waals surface area contributed by atoms with Gasteiger partial charge in [0.25, 0.3) is 5.91 Å². The number of carbonyl (C=O) groups is 1. The molecular weight excluding hydrogens is 467 g/mol. The average Bonchev–Trinajstić information content (AvgIpc) is 2.60. The highest BCUT2D eigenvalue weighted by Crippen LogP contribution is 2.34. The van der Waals surface area contributed by atoms with Gasteiger partial charge in [-0.25, -0.2) is 4.39 Å². The Morgan fingerprint density at radius 2 is 2.00 bits per heavy atom. The Hall–Kier alpha value is -2.17. The lowest BCUT2D eigenvalue weighted by molar-refractivity contribution is -0.112. The smallest absolute Gasteiger partial charge is 0.266 e. The van der Waals surface area contributed by atoms with Gasteiger partial charge in [-0.15, -0.1) is 0 Å². The summed E-state index contributed by atoms with van der Waals surface area (Å²) >= 11 is 6.83. The average molecular weight is 482 g/mol. The fourth-order valence-electron chi connectivity index (χ4n) is 2.08. The first-order valence-corrected chi connectivity index (χ1v) is 9.33. The van der Waals surface area contributed by atoms with Crippen molar-refractivity contribution in [2.45, 2.75) is 13.3 Å². The van der Waals surface area contributed by atoms with Crippen LogP contribution >= 0.6 is 31.9 Å². The molecule has 0 radical (unpaired) electrons. The van der Waals surface area contributed by atoms with E-state index in [0.717, 1.165) is 10.9 Å². The highest BCUT2D eigenvalue weighted by Gasteiger charge is 2.14. The van der Waals surface area contributed by atoms with Gasteiger partial charge >= 0.3 is 0 Å². The van der Waals surface area contributed by atoms with Crippen molar-refractivity contribution >= 4 is 49.5 Å². The molecule has 0 aromatic heterocycles. The second-order valence-corrected chi connectivity index (χ2v) is 7.06. The third kappa shape index (κ3) is 5.41. The van der Waals surface area contributed by atoms with Gasteiger partial charge in [0.2, 0.25) is 0 Å². The maximum Gasteiger partial charge on any atom is 0.266 e. The number of rotatable bonds is 6. The maximum absolute atomic E-state index is 13.0. The Balaban J connectivity index is 2.34. The molecule has 1 amide bonds. The molecule has 0 aliphatic rings. The number of amides is 1. The quantitative estimate of drug-likeness (QED) is 0.426. The summed E-state index contributed by atoms with van der Waals surface area (Å²) in [5.41, 5.74) is 0.890. The first kappa shape index (κ1) is 20.1. The number of nitrogens with zero attached hydrogens (tertiary/aromatic N) is 1. The van der Waals surface area contributed by atoms with Gasteiger partial charge in [-0.1, -0.05) is 22.9 Å². The zero-order valence-corrected chi connectivity index (χ0v) is 17.0. The summed E-state index contributed by atoms with van der Waals surface area (Å²) in [5, 5.41) is 12.0. The van der Waals surface area contributed by atoms with Crippen molar-refractivity contribution < 1.29 is 13.9 Å². The Bertz CT molecular complexity index is 874. The number of hydrogen-bond donors (Lipinski definition) is 1. The van der Waals surface area contributed by atoms with Crippen molar-refractivity contribution in [1.82, 2.24) is 0 Å². The van der Waals surface area contributed by atoms with Crippen LogP contribution in [0.15, 0.2) is 50.9 Å². The normalized spacial score (nSPS) is 11.0. The molecule has 0 unspecified atom stereocenters. The summed E-state index contributed by atoms with van der Waals surface area (Å²) in [4.78, 5) is 12.4. The Kier molecular flexibility index (Phi) is 7.37. The van der Waals surface area contributed by atoms with Crippen LogP contribution < -0.4 is 10.1 Å². The Labute approximate surface area is 167 Å². The third-order valence-electron chi connectivity index (χ3n) is 3.25. The largest absolute Gasteiger partial charge is 0.492 e. The highest BCUT2D eigenvalue weighted by atomic mass is 79.9. The summed E-state index contributed by atoms with van der Waals surface area (Å²) < 4.78 is 20.2. The van der Waals surface area contributed by atoms with Gasteiger partial charge < -0.3 is 10.1 Å². The van der Waals surface area contributed by atoms with Crippen LogP contribution in [0.1, 0.15) is 18.9 Å². The predicted octanol–water partition coefficient (Wildman–Crippen LogP) is 5.69. The number of benzene rings is 2. The van der Waals surface area contributed by atoms with Crippen LogP contribution in [0.5, 0.6) is 5.75 Å². The van der Waals surface area contributed by atoms with Crippen molar-refractivity contribution in [2.75, 3.05) is 11.9 Å². The minimum atomic E-state index is -0.586.